The molecule has 0 aromatic carbocycles. The average Bonchev–Trinajstić information content (AvgIpc) is 2.45. The second-order valence-corrected chi connectivity index (χ2v) is 5.42. The fourth-order valence-corrected chi connectivity index (χ4v) is 2.18. The number of rotatable bonds is 9. The van der Waals surface area contributed by atoms with Gasteiger partial charge in [-0.2, -0.15) is 29.9 Å². The van der Waals surface area contributed by atoms with Gasteiger partial charge in [0.05, 0.1) is 0 Å². The number of nitrogens with zero attached hydrogens (tertiary/aromatic N) is 2. The van der Waals surface area contributed by atoms with E-state index in [0.717, 1.165) is 37.5 Å². The fourth-order valence-electron chi connectivity index (χ4n) is 1.69. The van der Waals surface area contributed by atoms with Gasteiger partial charge in [0.15, 0.2) is 5.69 Å². The number of hydrogen-bond donors (Lipinski definition) is 3. The third-order valence-electron chi connectivity index (χ3n) is 2.73. The van der Waals surface area contributed by atoms with Crippen LogP contribution in [-0.2, 0) is 6.18 Å². The molecule has 0 spiro atoms. The van der Waals surface area contributed by atoms with Crippen LogP contribution in [0, 0.1) is 0 Å². The highest BCUT2D eigenvalue weighted by Gasteiger charge is 2.33. The van der Waals surface area contributed by atoms with Gasteiger partial charge in [0.1, 0.15) is 5.82 Å². The average molecular weight is 323 g/mol. The molecule has 0 unspecified atom stereocenters. The van der Waals surface area contributed by atoms with E-state index in [1.807, 2.05) is 17.2 Å². The molecule has 21 heavy (non-hydrogen) atoms. The number of nitrogens with two attached hydrogens (primary N) is 1. The predicted molar refractivity (Wildman–Crippen MR) is 80.2 cm³/mol. The SMILES string of the molecule is CSCCCCCCNc1cc(C(F)(F)F)nc(NN)n1. The quantitative estimate of drug-likeness (QED) is 0.368. The van der Waals surface area contributed by atoms with Crippen LogP contribution in [0.25, 0.3) is 0 Å². The number of aromatic nitrogens is 2. The van der Waals surface area contributed by atoms with Gasteiger partial charge in [-0.3, -0.25) is 5.43 Å². The van der Waals surface area contributed by atoms with Gasteiger partial charge in [0.25, 0.3) is 0 Å². The summed E-state index contributed by atoms with van der Waals surface area (Å²) >= 11 is 1.81. The van der Waals surface area contributed by atoms with Gasteiger partial charge in [0.2, 0.25) is 5.95 Å². The molecule has 5 nitrogen and oxygen atoms in total. The molecule has 0 fully saturated rings. The Hall–Kier alpha value is -1.22. The van der Waals surface area contributed by atoms with Crippen molar-refractivity contribution >= 4 is 23.5 Å². The summed E-state index contributed by atoms with van der Waals surface area (Å²) in [4.78, 5) is 7.14. The molecule has 120 valence electrons. The molecule has 1 rings (SSSR count). The lowest BCUT2D eigenvalue weighted by Gasteiger charge is -2.11. The molecule has 1 heterocycles. The number of alkyl halides is 3. The Bertz CT molecular complexity index is 428. The van der Waals surface area contributed by atoms with Gasteiger partial charge >= 0.3 is 6.18 Å². The van der Waals surface area contributed by atoms with E-state index in [1.54, 1.807) is 0 Å². The summed E-state index contributed by atoms with van der Waals surface area (Å²) in [6, 6.07) is 0.883. The fraction of sp³-hybridized carbons (Fsp3) is 0.667. The van der Waals surface area contributed by atoms with Crippen molar-refractivity contribution in [3.63, 3.8) is 0 Å². The Balaban J connectivity index is 2.47. The van der Waals surface area contributed by atoms with Crippen LogP contribution in [0.5, 0.6) is 0 Å². The number of nitrogens with one attached hydrogen (secondary N) is 2. The van der Waals surface area contributed by atoms with Crippen molar-refractivity contribution in [1.29, 1.82) is 0 Å². The molecular formula is C12H20F3N5S. The predicted octanol–water partition coefficient (Wildman–Crippen LogP) is 3.12. The summed E-state index contributed by atoms with van der Waals surface area (Å²) in [5.74, 6) is 6.08. The first-order valence-corrected chi connectivity index (χ1v) is 8.02. The minimum Gasteiger partial charge on any atom is -0.370 e. The van der Waals surface area contributed by atoms with Crippen LogP contribution in [0.3, 0.4) is 0 Å². The Kier molecular flexibility index (Phi) is 7.58. The number of halogens is 3. The molecule has 4 N–H and O–H groups in total. The second kappa shape index (κ2) is 8.93. The molecular weight excluding hydrogens is 303 g/mol. The largest absolute Gasteiger partial charge is 0.433 e. The monoisotopic (exact) mass is 323 g/mol. The minimum absolute atomic E-state index is 0.120. The van der Waals surface area contributed by atoms with E-state index in [9.17, 15) is 13.2 Å². The summed E-state index contributed by atoms with van der Waals surface area (Å²) in [5.41, 5.74) is 1.02. The van der Waals surface area contributed by atoms with Crippen LogP contribution >= 0.6 is 11.8 Å². The van der Waals surface area contributed by atoms with Gasteiger partial charge in [-0.15, -0.1) is 0 Å². The van der Waals surface area contributed by atoms with Crippen molar-refractivity contribution in [3.8, 4) is 0 Å². The highest BCUT2D eigenvalue weighted by Crippen LogP contribution is 2.29. The van der Waals surface area contributed by atoms with Crippen LogP contribution < -0.4 is 16.6 Å². The van der Waals surface area contributed by atoms with Crippen LogP contribution in [0.4, 0.5) is 24.9 Å². The number of nitrogen functional groups attached to an aromatic ring is 1. The highest BCUT2D eigenvalue weighted by atomic mass is 32.2. The summed E-state index contributed by atoms with van der Waals surface area (Å²) in [6.07, 6.45) is 1.74. The maximum atomic E-state index is 12.7. The van der Waals surface area contributed by atoms with E-state index in [0.29, 0.717) is 6.54 Å². The van der Waals surface area contributed by atoms with Crippen molar-refractivity contribution in [2.24, 2.45) is 5.84 Å². The summed E-state index contributed by atoms with van der Waals surface area (Å²) in [6.45, 7) is 0.567. The van der Waals surface area contributed by atoms with Gasteiger partial charge < -0.3 is 5.32 Å². The van der Waals surface area contributed by atoms with E-state index in [4.69, 9.17) is 5.84 Å². The van der Waals surface area contributed by atoms with Crippen molar-refractivity contribution in [3.05, 3.63) is 11.8 Å². The highest BCUT2D eigenvalue weighted by molar-refractivity contribution is 7.98. The van der Waals surface area contributed by atoms with E-state index in [1.165, 1.54) is 0 Å². The first-order chi connectivity index (χ1) is 9.97. The zero-order chi connectivity index (χ0) is 15.7. The summed E-state index contributed by atoms with van der Waals surface area (Å²) in [5, 5.41) is 2.87. The van der Waals surface area contributed by atoms with Gasteiger partial charge in [-0.1, -0.05) is 12.8 Å². The molecule has 1 aromatic heterocycles. The van der Waals surface area contributed by atoms with E-state index in [-0.39, 0.29) is 11.8 Å². The molecule has 0 atom stereocenters. The number of hydrogen-bond acceptors (Lipinski definition) is 6. The second-order valence-electron chi connectivity index (χ2n) is 4.44. The number of unbranched alkanes of at least 4 members (excludes halogenated alkanes) is 3. The van der Waals surface area contributed by atoms with E-state index < -0.39 is 11.9 Å². The van der Waals surface area contributed by atoms with Crippen molar-refractivity contribution < 1.29 is 13.2 Å². The first-order valence-electron chi connectivity index (χ1n) is 6.63. The molecule has 0 bridgehead atoms. The molecule has 0 aliphatic heterocycles. The number of hydrazine groups is 1. The van der Waals surface area contributed by atoms with Crippen molar-refractivity contribution in [2.75, 3.05) is 29.3 Å². The lowest BCUT2D eigenvalue weighted by molar-refractivity contribution is -0.141. The molecule has 0 aliphatic rings. The Morgan fingerprint density at radius 2 is 1.90 bits per heavy atom. The van der Waals surface area contributed by atoms with E-state index >= 15 is 0 Å². The Labute approximate surface area is 126 Å². The van der Waals surface area contributed by atoms with E-state index in [2.05, 4.69) is 21.5 Å². The zero-order valence-electron chi connectivity index (χ0n) is 11.8. The molecule has 0 saturated carbocycles. The molecule has 0 aliphatic carbocycles. The first kappa shape index (κ1) is 17.8. The molecule has 0 amide bonds. The lowest BCUT2D eigenvalue weighted by atomic mass is 10.2. The van der Waals surface area contributed by atoms with Crippen LogP contribution in [0.2, 0.25) is 0 Å². The molecule has 0 saturated heterocycles. The van der Waals surface area contributed by atoms with Crippen LogP contribution in [0.1, 0.15) is 31.4 Å². The van der Waals surface area contributed by atoms with Crippen molar-refractivity contribution in [2.45, 2.75) is 31.9 Å². The smallest absolute Gasteiger partial charge is 0.370 e. The third kappa shape index (κ3) is 6.85. The molecule has 0 radical (unpaired) electrons. The van der Waals surface area contributed by atoms with Gasteiger partial charge in [-0.05, 0) is 24.9 Å². The summed E-state index contributed by atoms with van der Waals surface area (Å²) < 4.78 is 38.0. The van der Waals surface area contributed by atoms with Crippen LogP contribution in [-0.4, -0.2) is 28.5 Å². The molecule has 1 aromatic rings. The topological polar surface area (TPSA) is 75.9 Å². The minimum atomic E-state index is -4.53. The maximum absolute atomic E-state index is 12.7. The molecule has 9 heteroatoms. The lowest BCUT2D eigenvalue weighted by Crippen LogP contribution is -2.17. The Morgan fingerprint density at radius 1 is 1.19 bits per heavy atom. The third-order valence-corrected chi connectivity index (χ3v) is 3.42. The maximum Gasteiger partial charge on any atom is 0.433 e. The zero-order valence-corrected chi connectivity index (χ0v) is 12.7. The summed E-state index contributed by atoms with van der Waals surface area (Å²) in [7, 11) is 0. The van der Waals surface area contributed by atoms with Gasteiger partial charge in [0, 0.05) is 12.6 Å². The van der Waals surface area contributed by atoms with Crippen molar-refractivity contribution in [1.82, 2.24) is 9.97 Å². The number of anilines is 2. The van der Waals surface area contributed by atoms with Crippen LogP contribution in [0.15, 0.2) is 6.07 Å². The Morgan fingerprint density at radius 3 is 2.52 bits per heavy atom. The normalized spacial score (nSPS) is 11.5. The number of thioether (sulfide) groups is 1. The standard InChI is InChI=1S/C12H20F3N5S/c1-21-7-5-3-2-4-6-17-10-8-9(12(13,14)15)18-11(19-10)20-16/h8H,2-7,16H2,1H3,(H2,17,18,19,20). The van der Waals surface area contributed by atoms with Gasteiger partial charge in [-0.25, -0.2) is 10.8 Å².